The van der Waals surface area contributed by atoms with Crippen LogP contribution in [0.3, 0.4) is 0 Å². The number of nitrogens with one attached hydrogen (secondary N) is 1. The number of halogens is 1. The summed E-state index contributed by atoms with van der Waals surface area (Å²) >= 11 is 3.65. The van der Waals surface area contributed by atoms with Crippen LogP contribution in [0.25, 0.3) is 0 Å². The second-order valence-electron chi connectivity index (χ2n) is 7.05. The third kappa shape index (κ3) is 4.57. The zero-order chi connectivity index (χ0) is 16.1. The molecule has 2 fully saturated rings. The maximum absolute atomic E-state index is 12.9. The van der Waals surface area contributed by atoms with Crippen molar-refractivity contribution in [1.29, 1.82) is 0 Å². The number of hydrogen-bond acceptors (Lipinski definition) is 1. The Balaban J connectivity index is 1.59. The molecule has 1 amide bonds. The molecule has 0 radical (unpaired) electrons. The fraction of sp³-hybridized carbons (Fsp3) is 0.632. The van der Waals surface area contributed by atoms with Crippen molar-refractivity contribution in [2.24, 2.45) is 5.92 Å². The van der Waals surface area contributed by atoms with Gasteiger partial charge in [-0.1, -0.05) is 47.0 Å². The number of quaternary nitrogens is 1. The predicted octanol–water partition coefficient (Wildman–Crippen LogP) is 2.65. The molecular weight excluding hydrogens is 352 g/mol. The van der Waals surface area contributed by atoms with Gasteiger partial charge in [-0.3, -0.25) is 4.79 Å². The first-order valence-corrected chi connectivity index (χ1v) is 9.89. The van der Waals surface area contributed by atoms with Crippen LogP contribution >= 0.6 is 15.9 Å². The predicted molar refractivity (Wildman–Crippen MR) is 96.3 cm³/mol. The Morgan fingerprint density at radius 1 is 1.13 bits per heavy atom. The van der Waals surface area contributed by atoms with Crippen LogP contribution in [0.1, 0.15) is 44.1 Å². The van der Waals surface area contributed by atoms with Gasteiger partial charge in [0, 0.05) is 23.1 Å². The molecular formula is C19H28BrN2O+. The van der Waals surface area contributed by atoms with Crippen molar-refractivity contribution in [2.75, 3.05) is 26.2 Å². The molecule has 2 heterocycles. The van der Waals surface area contributed by atoms with Crippen LogP contribution in [0.15, 0.2) is 28.7 Å². The maximum atomic E-state index is 12.9. The number of benzene rings is 1. The Hall–Kier alpha value is -0.870. The summed E-state index contributed by atoms with van der Waals surface area (Å²) in [5.74, 6) is 0.663. The second kappa shape index (κ2) is 8.29. The van der Waals surface area contributed by atoms with E-state index in [2.05, 4.69) is 45.1 Å². The average molecular weight is 380 g/mol. The minimum atomic E-state index is 0.235. The van der Waals surface area contributed by atoms with E-state index in [-0.39, 0.29) is 5.92 Å². The van der Waals surface area contributed by atoms with Gasteiger partial charge in [0.1, 0.15) is 6.54 Å². The lowest BCUT2D eigenvalue weighted by Gasteiger charge is -2.32. The SMILES string of the molecule is O=C([C@H]1CCC[NH+](Cc2ccccc2Br)C1)N1CCCCCC1. The zero-order valence-electron chi connectivity index (χ0n) is 13.9. The summed E-state index contributed by atoms with van der Waals surface area (Å²) in [4.78, 5) is 16.6. The van der Waals surface area contributed by atoms with Crippen molar-refractivity contribution < 1.29 is 9.69 Å². The van der Waals surface area contributed by atoms with Gasteiger partial charge in [-0.15, -0.1) is 0 Å². The minimum absolute atomic E-state index is 0.235. The molecule has 0 bridgehead atoms. The molecule has 1 N–H and O–H groups in total. The summed E-state index contributed by atoms with van der Waals surface area (Å²) in [6, 6.07) is 8.46. The lowest BCUT2D eigenvalue weighted by Crippen LogP contribution is -3.12. The van der Waals surface area contributed by atoms with Crippen LogP contribution in [0, 0.1) is 5.92 Å². The summed E-state index contributed by atoms with van der Waals surface area (Å²) < 4.78 is 1.19. The van der Waals surface area contributed by atoms with Crippen molar-refractivity contribution in [3.05, 3.63) is 34.3 Å². The maximum Gasteiger partial charge on any atom is 0.231 e. The van der Waals surface area contributed by atoms with Gasteiger partial charge in [-0.25, -0.2) is 0 Å². The van der Waals surface area contributed by atoms with Crippen LogP contribution in [0.2, 0.25) is 0 Å². The first-order chi connectivity index (χ1) is 11.2. The summed E-state index contributed by atoms with van der Waals surface area (Å²) in [6.45, 7) is 5.16. The molecule has 1 unspecified atom stereocenters. The van der Waals surface area contributed by atoms with Gasteiger partial charge in [0.15, 0.2) is 0 Å². The Morgan fingerprint density at radius 3 is 2.61 bits per heavy atom. The van der Waals surface area contributed by atoms with Crippen molar-refractivity contribution in [3.8, 4) is 0 Å². The largest absolute Gasteiger partial charge is 0.342 e. The first-order valence-electron chi connectivity index (χ1n) is 9.10. The highest BCUT2D eigenvalue weighted by Crippen LogP contribution is 2.18. The van der Waals surface area contributed by atoms with Gasteiger partial charge in [0.05, 0.1) is 19.0 Å². The third-order valence-corrected chi connectivity index (χ3v) is 6.06. The summed E-state index contributed by atoms with van der Waals surface area (Å²) in [6.07, 6.45) is 7.19. The molecule has 23 heavy (non-hydrogen) atoms. The van der Waals surface area contributed by atoms with E-state index in [1.807, 2.05) is 0 Å². The summed E-state index contributed by atoms with van der Waals surface area (Å²) in [5.41, 5.74) is 1.35. The molecule has 2 atom stereocenters. The van der Waals surface area contributed by atoms with Crippen molar-refractivity contribution in [3.63, 3.8) is 0 Å². The number of carbonyl (C=O) groups is 1. The molecule has 3 rings (SSSR count). The number of amides is 1. The molecule has 2 aliphatic heterocycles. The lowest BCUT2D eigenvalue weighted by molar-refractivity contribution is -0.921. The van der Waals surface area contributed by atoms with Gasteiger partial charge in [-0.2, -0.15) is 0 Å². The minimum Gasteiger partial charge on any atom is -0.342 e. The second-order valence-corrected chi connectivity index (χ2v) is 7.91. The Labute approximate surface area is 148 Å². The highest BCUT2D eigenvalue weighted by Gasteiger charge is 2.32. The average Bonchev–Trinajstić information content (AvgIpc) is 2.86. The van der Waals surface area contributed by atoms with Gasteiger partial charge < -0.3 is 9.80 Å². The Kier molecular flexibility index (Phi) is 6.12. The molecule has 2 aliphatic rings. The third-order valence-electron chi connectivity index (χ3n) is 5.28. The van der Waals surface area contributed by atoms with Crippen LogP contribution in [0.4, 0.5) is 0 Å². The number of hydrogen-bond donors (Lipinski definition) is 1. The quantitative estimate of drug-likeness (QED) is 0.857. The fourth-order valence-electron chi connectivity index (χ4n) is 3.98. The Morgan fingerprint density at radius 2 is 1.87 bits per heavy atom. The van der Waals surface area contributed by atoms with Gasteiger partial charge >= 0.3 is 0 Å². The standard InChI is InChI=1S/C19H27BrN2O/c20-18-10-4-3-8-16(18)14-21-11-7-9-17(15-21)19(23)22-12-5-1-2-6-13-22/h3-4,8,10,17H,1-2,5-7,9,11-15H2/p+1/t17-/m0/s1. The van der Waals surface area contributed by atoms with Crippen LogP contribution < -0.4 is 4.90 Å². The number of rotatable bonds is 3. The van der Waals surface area contributed by atoms with Crippen LogP contribution in [-0.4, -0.2) is 37.0 Å². The smallest absolute Gasteiger partial charge is 0.231 e. The lowest BCUT2D eigenvalue weighted by atomic mass is 9.96. The van der Waals surface area contributed by atoms with E-state index in [4.69, 9.17) is 0 Å². The number of likely N-dealkylation sites (tertiary alicyclic amines) is 2. The van der Waals surface area contributed by atoms with E-state index in [0.29, 0.717) is 5.91 Å². The molecule has 0 aromatic heterocycles. The monoisotopic (exact) mass is 379 g/mol. The molecule has 2 saturated heterocycles. The highest BCUT2D eigenvalue weighted by atomic mass is 79.9. The van der Waals surface area contributed by atoms with E-state index in [1.165, 1.54) is 48.7 Å². The van der Waals surface area contributed by atoms with Gasteiger partial charge in [0.2, 0.25) is 5.91 Å². The number of piperidine rings is 1. The number of nitrogens with zero attached hydrogens (tertiary/aromatic N) is 1. The van der Waals surface area contributed by atoms with E-state index in [0.717, 1.165) is 32.6 Å². The molecule has 0 saturated carbocycles. The van der Waals surface area contributed by atoms with Crippen LogP contribution in [0.5, 0.6) is 0 Å². The molecule has 0 aliphatic carbocycles. The first kappa shape index (κ1) is 17.0. The van der Waals surface area contributed by atoms with Crippen molar-refractivity contribution >= 4 is 21.8 Å². The normalized spacial score (nSPS) is 25.9. The van der Waals surface area contributed by atoms with E-state index in [9.17, 15) is 4.79 Å². The Bertz CT molecular complexity index is 526. The summed E-state index contributed by atoms with van der Waals surface area (Å²) in [7, 11) is 0. The highest BCUT2D eigenvalue weighted by molar-refractivity contribution is 9.10. The van der Waals surface area contributed by atoms with Gasteiger partial charge in [-0.05, 0) is 31.7 Å². The molecule has 1 aromatic carbocycles. The van der Waals surface area contributed by atoms with E-state index < -0.39 is 0 Å². The van der Waals surface area contributed by atoms with E-state index in [1.54, 1.807) is 4.90 Å². The van der Waals surface area contributed by atoms with Crippen LogP contribution in [-0.2, 0) is 11.3 Å². The van der Waals surface area contributed by atoms with E-state index >= 15 is 0 Å². The molecule has 1 aromatic rings. The number of carbonyl (C=O) groups excluding carboxylic acids is 1. The molecule has 4 heteroatoms. The topological polar surface area (TPSA) is 24.8 Å². The molecule has 0 spiro atoms. The van der Waals surface area contributed by atoms with Crippen molar-refractivity contribution in [2.45, 2.75) is 45.1 Å². The zero-order valence-corrected chi connectivity index (χ0v) is 15.5. The molecule has 3 nitrogen and oxygen atoms in total. The fourth-order valence-corrected chi connectivity index (χ4v) is 4.41. The summed E-state index contributed by atoms with van der Waals surface area (Å²) in [5, 5.41) is 0. The van der Waals surface area contributed by atoms with Crippen molar-refractivity contribution in [1.82, 2.24) is 4.90 Å². The van der Waals surface area contributed by atoms with Gasteiger partial charge in [0.25, 0.3) is 0 Å². The molecule has 126 valence electrons.